The van der Waals surface area contributed by atoms with E-state index in [1.54, 1.807) is 6.92 Å². The monoisotopic (exact) mass is 211 g/mol. The minimum absolute atomic E-state index is 0.330. The minimum Gasteiger partial charge on any atom is -0.300 e. The third-order valence-corrected chi connectivity index (χ3v) is 3.41. The van der Waals surface area contributed by atoms with Crippen LogP contribution in [0.4, 0.5) is 0 Å². The maximum Gasteiger partial charge on any atom is 0.129 e. The molecule has 1 fully saturated rings. The van der Waals surface area contributed by atoms with Crippen molar-refractivity contribution in [1.29, 1.82) is 0 Å². The van der Waals surface area contributed by atoms with E-state index in [1.807, 2.05) is 0 Å². The molecule has 88 valence electrons. The van der Waals surface area contributed by atoms with Crippen LogP contribution >= 0.6 is 0 Å². The van der Waals surface area contributed by atoms with Crippen molar-refractivity contribution in [1.82, 2.24) is 4.90 Å². The van der Waals surface area contributed by atoms with Gasteiger partial charge in [0, 0.05) is 12.5 Å². The standard InChI is InChI=1S/C13H25NO/c1-11(2)13-8-6-10-14(13)9-5-4-7-12(3)15/h11,13H,4-10H2,1-3H3. The molecule has 0 saturated carbocycles. The Kier molecular flexibility index (Phi) is 5.30. The second-order valence-corrected chi connectivity index (χ2v) is 5.15. The Morgan fingerprint density at radius 1 is 1.40 bits per heavy atom. The van der Waals surface area contributed by atoms with Crippen LogP contribution in [0.15, 0.2) is 0 Å². The summed E-state index contributed by atoms with van der Waals surface area (Å²) >= 11 is 0. The Bertz CT molecular complexity index is 201. The van der Waals surface area contributed by atoms with Crippen LogP contribution < -0.4 is 0 Å². The number of hydrogen-bond donors (Lipinski definition) is 0. The molecular weight excluding hydrogens is 186 g/mol. The minimum atomic E-state index is 0.330. The summed E-state index contributed by atoms with van der Waals surface area (Å²) in [7, 11) is 0. The van der Waals surface area contributed by atoms with Crippen LogP contribution in [0.25, 0.3) is 0 Å². The maximum atomic E-state index is 10.8. The fourth-order valence-electron chi connectivity index (χ4n) is 2.57. The zero-order chi connectivity index (χ0) is 11.3. The molecule has 0 radical (unpaired) electrons. The summed E-state index contributed by atoms with van der Waals surface area (Å²) in [6.45, 7) is 8.78. The first-order valence-electron chi connectivity index (χ1n) is 6.34. The number of Topliss-reactive ketones (excluding diaryl/α,β-unsaturated/α-hetero) is 1. The molecule has 15 heavy (non-hydrogen) atoms. The van der Waals surface area contributed by atoms with Crippen LogP contribution in [0.1, 0.15) is 52.9 Å². The molecule has 0 aliphatic carbocycles. The predicted molar refractivity (Wildman–Crippen MR) is 64.0 cm³/mol. The number of ketones is 1. The van der Waals surface area contributed by atoms with Crippen LogP contribution in [0, 0.1) is 5.92 Å². The van der Waals surface area contributed by atoms with Gasteiger partial charge in [-0.3, -0.25) is 0 Å². The molecule has 0 aromatic carbocycles. The third kappa shape index (κ3) is 4.33. The second-order valence-electron chi connectivity index (χ2n) is 5.15. The highest BCUT2D eigenvalue weighted by Gasteiger charge is 2.25. The van der Waals surface area contributed by atoms with Crippen molar-refractivity contribution >= 4 is 5.78 Å². The van der Waals surface area contributed by atoms with Crippen LogP contribution in [0.3, 0.4) is 0 Å². The number of carbonyl (C=O) groups excluding carboxylic acids is 1. The lowest BCUT2D eigenvalue weighted by Gasteiger charge is -2.27. The van der Waals surface area contributed by atoms with Gasteiger partial charge in [0.25, 0.3) is 0 Å². The number of likely N-dealkylation sites (tertiary alicyclic amines) is 1. The second kappa shape index (κ2) is 6.26. The molecule has 1 aliphatic heterocycles. The van der Waals surface area contributed by atoms with Crippen molar-refractivity contribution in [2.75, 3.05) is 13.1 Å². The smallest absolute Gasteiger partial charge is 0.129 e. The maximum absolute atomic E-state index is 10.8. The number of rotatable bonds is 6. The number of hydrogen-bond acceptors (Lipinski definition) is 2. The van der Waals surface area contributed by atoms with E-state index in [0.717, 1.165) is 24.8 Å². The van der Waals surface area contributed by atoms with E-state index in [2.05, 4.69) is 18.7 Å². The van der Waals surface area contributed by atoms with Gasteiger partial charge in [-0.25, -0.2) is 0 Å². The third-order valence-electron chi connectivity index (χ3n) is 3.41. The van der Waals surface area contributed by atoms with Gasteiger partial charge in [-0.15, -0.1) is 0 Å². The van der Waals surface area contributed by atoms with E-state index in [9.17, 15) is 4.79 Å². The van der Waals surface area contributed by atoms with E-state index in [4.69, 9.17) is 0 Å². The average Bonchev–Trinajstić information content (AvgIpc) is 2.60. The molecule has 0 aromatic heterocycles. The molecule has 1 unspecified atom stereocenters. The Balaban J connectivity index is 2.17. The van der Waals surface area contributed by atoms with Crippen LogP contribution in [0.5, 0.6) is 0 Å². The van der Waals surface area contributed by atoms with Crippen LogP contribution in [0.2, 0.25) is 0 Å². The molecular formula is C13H25NO. The van der Waals surface area contributed by atoms with Gasteiger partial charge in [-0.05, 0) is 51.6 Å². The van der Waals surface area contributed by atoms with E-state index in [-0.39, 0.29) is 0 Å². The van der Waals surface area contributed by atoms with Crippen LogP contribution in [-0.2, 0) is 4.79 Å². The van der Waals surface area contributed by atoms with Crippen molar-refractivity contribution in [2.45, 2.75) is 58.9 Å². The fraction of sp³-hybridized carbons (Fsp3) is 0.923. The van der Waals surface area contributed by atoms with Crippen molar-refractivity contribution in [2.24, 2.45) is 5.92 Å². The fourth-order valence-corrected chi connectivity index (χ4v) is 2.57. The zero-order valence-electron chi connectivity index (χ0n) is 10.5. The molecule has 2 heteroatoms. The van der Waals surface area contributed by atoms with Gasteiger partial charge in [0.2, 0.25) is 0 Å². The van der Waals surface area contributed by atoms with Crippen molar-refractivity contribution in [3.8, 4) is 0 Å². The molecule has 2 nitrogen and oxygen atoms in total. The molecule has 1 heterocycles. The largest absolute Gasteiger partial charge is 0.300 e. The summed E-state index contributed by atoms with van der Waals surface area (Å²) in [5.74, 6) is 1.11. The summed E-state index contributed by atoms with van der Waals surface area (Å²) in [5, 5.41) is 0. The van der Waals surface area contributed by atoms with Gasteiger partial charge < -0.3 is 9.69 Å². The van der Waals surface area contributed by atoms with Crippen molar-refractivity contribution in [3.05, 3.63) is 0 Å². The molecule has 1 aliphatic rings. The first kappa shape index (κ1) is 12.7. The van der Waals surface area contributed by atoms with Crippen LogP contribution in [-0.4, -0.2) is 29.8 Å². The average molecular weight is 211 g/mol. The van der Waals surface area contributed by atoms with E-state index >= 15 is 0 Å². The Morgan fingerprint density at radius 2 is 2.13 bits per heavy atom. The zero-order valence-corrected chi connectivity index (χ0v) is 10.5. The SMILES string of the molecule is CC(=O)CCCCN1CCCC1C(C)C. The van der Waals surface area contributed by atoms with Gasteiger partial charge in [0.15, 0.2) is 0 Å². The highest BCUT2D eigenvalue weighted by atomic mass is 16.1. The Labute approximate surface area is 94.0 Å². The number of nitrogens with zero attached hydrogens (tertiary/aromatic N) is 1. The number of unbranched alkanes of at least 4 members (excludes halogenated alkanes) is 1. The van der Waals surface area contributed by atoms with Gasteiger partial charge in [0.05, 0.1) is 0 Å². The van der Waals surface area contributed by atoms with Gasteiger partial charge >= 0.3 is 0 Å². The lowest BCUT2D eigenvalue weighted by molar-refractivity contribution is -0.117. The summed E-state index contributed by atoms with van der Waals surface area (Å²) in [6, 6.07) is 0.794. The van der Waals surface area contributed by atoms with E-state index in [0.29, 0.717) is 5.78 Å². The van der Waals surface area contributed by atoms with Gasteiger partial charge in [-0.2, -0.15) is 0 Å². The number of carbonyl (C=O) groups is 1. The van der Waals surface area contributed by atoms with E-state index < -0.39 is 0 Å². The van der Waals surface area contributed by atoms with Crippen molar-refractivity contribution < 1.29 is 4.79 Å². The van der Waals surface area contributed by atoms with Gasteiger partial charge in [-0.1, -0.05) is 13.8 Å². The Hall–Kier alpha value is -0.370. The van der Waals surface area contributed by atoms with Gasteiger partial charge in [0.1, 0.15) is 5.78 Å². The molecule has 0 bridgehead atoms. The predicted octanol–water partition coefficient (Wildman–Crippen LogP) is 2.87. The molecule has 1 rings (SSSR count). The van der Waals surface area contributed by atoms with Crippen molar-refractivity contribution in [3.63, 3.8) is 0 Å². The Morgan fingerprint density at radius 3 is 2.73 bits per heavy atom. The topological polar surface area (TPSA) is 20.3 Å². The summed E-state index contributed by atoms with van der Waals surface area (Å²) in [4.78, 5) is 13.4. The summed E-state index contributed by atoms with van der Waals surface area (Å²) in [5.41, 5.74) is 0. The molecule has 0 amide bonds. The lowest BCUT2D eigenvalue weighted by atomic mass is 10.0. The highest BCUT2D eigenvalue weighted by Crippen LogP contribution is 2.23. The quantitative estimate of drug-likeness (QED) is 0.630. The molecule has 0 spiro atoms. The first-order chi connectivity index (χ1) is 7.11. The normalized spacial score (nSPS) is 22.5. The molecule has 1 saturated heterocycles. The molecule has 0 N–H and O–H groups in total. The van der Waals surface area contributed by atoms with E-state index in [1.165, 1.54) is 32.4 Å². The summed E-state index contributed by atoms with van der Waals surface area (Å²) < 4.78 is 0. The molecule has 0 aromatic rings. The first-order valence-corrected chi connectivity index (χ1v) is 6.34. The summed E-state index contributed by atoms with van der Waals surface area (Å²) in [6.07, 6.45) is 5.74. The molecule has 1 atom stereocenters. The lowest BCUT2D eigenvalue weighted by Crippen LogP contribution is -2.34. The highest BCUT2D eigenvalue weighted by molar-refractivity contribution is 5.75.